The molecule has 0 spiro atoms. The van der Waals surface area contributed by atoms with Gasteiger partial charge in [-0.3, -0.25) is 15.2 Å². The van der Waals surface area contributed by atoms with Crippen LogP contribution in [0.3, 0.4) is 0 Å². The van der Waals surface area contributed by atoms with Crippen LogP contribution in [0.15, 0.2) is 47.4 Å². The van der Waals surface area contributed by atoms with Crippen LogP contribution < -0.4 is 5.32 Å². The molecule has 11 heteroatoms. The highest BCUT2D eigenvalue weighted by Crippen LogP contribution is 2.29. The number of aromatic amines is 1. The molecule has 32 heavy (non-hydrogen) atoms. The smallest absolute Gasteiger partial charge is 0.258 e. The maximum absolute atomic E-state index is 13.1. The summed E-state index contributed by atoms with van der Waals surface area (Å²) in [6, 6.07) is 11.2. The van der Waals surface area contributed by atoms with Crippen LogP contribution >= 0.6 is 23.2 Å². The van der Waals surface area contributed by atoms with Crippen molar-refractivity contribution in [1.82, 2.24) is 19.5 Å². The van der Waals surface area contributed by atoms with E-state index in [4.69, 9.17) is 23.2 Å². The monoisotopic (exact) mass is 493 g/mol. The molecule has 1 amide bonds. The summed E-state index contributed by atoms with van der Waals surface area (Å²) in [6.45, 7) is 2.87. The van der Waals surface area contributed by atoms with Crippen LogP contribution in [-0.4, -0.2) is 46.9 Å². The highest BCUT2D eigenvalue weighted by Gasteiger charge is 2.31. The van der Waals surface area contributed by atoms with Crippen molar-refractivity contribution >= 4 is 45.1 Å². The minimum atomic E-state index is -3.82. The maximum Gasteiger partial charge on any atom is 0.258 e. The number of amides is 1. The topological polar surface area (TPSA) is 108 Å². The molecule has 1 atom stereocenters. The Kier molecular flexibility index (Phi) is 6.52. The van der Waals surface area contributed by atoms with Crippen molar-refractivity contribution in [2.24, 2.45) is 5.92 Å². The molecule has 1 saturated heterocycles. The van der Waals surface area contributed by atoms with E-state index in [0.717, 1.165) is 12.8 Å². The number of aromatic nitrogens is 3. The highest BCUT2D eigenvalue weighted by atomic mass is 35.5. The molecule has 1 fully saturated rings. The second-order valence-corrected chi connectivity index (χ2v) is 10.4. The van der Waals surface area contributed by atoms with E-state index in [9.17, 15) is 13.2 Å². The molecule has 0 radical (unpaired) electrons. The summed E-state index contributed by atoms with van der Waals surface area (Å²) < 4.78 is 27.7. The number of sulfonamides is 1. The molecule has 2 N–H and O–H groups in total. The van der Waals surface area contributed by atoms with Gasteiger partial charge in [-0.25, -0.2) is 8.42 Å². The Balaban J connectivity index is 1.56. The first-order valence-corrected chi connectivity index (χ1v) is 12.2. The lowest BCUT2D eigenvalue weighted by Crippen LogP contribution is -2.39. The molecule has 2 heterocycles. The van der Waals surface area contributed by atoms with Crippen molar-refractivity contribution in [3.8, 4) is 11.4 Å². The van der Waals surface area contributed by atoms with E-state index in [2.05, 4.69) is 20.5 Å². The third kappa shape index (κ3) is 4.66. The first-order chi connectivity index (χ1) is 15.3. The summed E-state index contributed by atoms with van der Waals surface area (Å²) in [6.07, 6.45) is 1.77. The molecule has 3 aromatic rings. The number of hydrogen-bond donors (Lipinski definition) is 2. The van der Waals surface area contributed by atoms with Gasteiger partial charge in [0.25, 0.3) is 5.91 Å². The zero-order valence-corrected chi connectivity index (χ0v) is 19.5. The van der Waals surface area contributed by atoms with Gasteiger partial charge in [0, 0.05) is 24.2 Å². The fraction of sp³-hybridized carbons (Fsp3) is 0.286. The molecule has 0 saturated carbocycles. The van der Waals surface area contributed by atoms with Gasteiger partial charge in [-0.2, -0.15) is 9.29 Å². The number of halogens is 2. The molecule has 1 aromatic heterocycles. The summed E-state index contributed by atoms with van der Waals surface area (Å²) in [5, 5.41) is 9.84. The van der Waals surface area contributed by atoms with Crippen LogP contribution in [0.4, 0.5) is 5.95 Å². The number of benzene rings is 2. The van der Waals surface area contributed by atoms with E-state index < -0.39 is 15.9 Å². The lowest BCUT2D eigenvalue weighted by Gasteiger charge is -2.30. The Hall–Kier alpha value is -2.46. The number of nitrogens with zero attached hydrogens (tertiary/aromatic N) is 3. The Labute approximate surface area is 196 Å². The predicted molar refractivity (Wildman–Crippen MR) is 123 cm³/mol. The van der Waals surface area contributed by atoms with E-state index >= 15 is 0 Å². The van der Waals surface area contributed by atoms with Crippen molar-refractivity contribution in [1.29, 1.82) is 0 Å². The van der Waals surface area contributed by atoms with Gasteiger partial charge in [0.2, 0.25) is 16.0 Å². The summed E-state index contributed by atoms with van der Waals surface area (Å²) in [4.78, 5) is 16.9. The number of anilines is 1. The normalized spacial score (nSPS) is 17.3. The summed E-state index contributed by atoms with van der Waals surface area (Å²) in [5.74, 6) is 0.135. The summed E-state index contributed by atoms with van der Waals surface area (Å²) >= 11 is 12.4. The molecule has 0 aliphatic carbocycles. The van der Waals surface area contributed by atoms with Gasteiger partial charge in [-0.05, 0) is 49.1 Å². The molecular weight excluding hydrogens is 473 g/mol. The second kappa shape index (κ2) is 9.19. The molecular formula is C21H21Cl2N5O3S. The molecule has 2 aromatic carbocycles. The Morgan fingerprint density at radius 2 is 1.97 bits per heavy atom. The average Bonchev–Trinajstić information content (AvgIpc) is 3.22. The molecule has 168 valence electrons. The van der Waals surface area contributed by atoms with Crippen molar-refractivity contribution < 1.29 is 13.2 Å². The van der Waals surface area contributed by atoms with Crippen molar-refractivity contribution in [3.05, 3.63) is 58.1 Å². The van der Waals surface area contributed by atoms with E-state index in [1.54, 1.807) is 24.3 Å². The zero-order chi connectivity index (χ0) is 22.9. The van der Waals surface area contributed by atoms with E-state index in [1.807, 2.05) is 6.92 Å². The Morgan fingerprint density at radius 3 is 2.72 bits per heavy atom. The Morgan fingerprint density at radius 1 is 1.19 bits per heavy atom. The first-order valence-electron chi connectivity index (χ1n) is 10.0. The van der Waals surface area contributed by atoms with Crippen LogP contribution in [0, 0.1) is 5.92 Å². The van der Waals surface area contributed by atoms with E-state index in [1.165, 1.54) is 22.5 Å². The molecule has 1 unspecified atom stereocenters. The number of piperidine rings is 1. The standard InChI is InChI=1S/C21H21Cl2N5O3S/c1-13-5-4-10-28(12-13)32(30,31)18-11-14(8-9-17(18)23)20(29)25-21-24-19(26-27-21)15-6-2-3-7-16(15)22/h2-3,6-9,11,13H,4-5,10,12H2,1H3,(H2,24,25,26,27,29). The van der Waals surface area contributed by atoms with Gasteiger partial charge in [-0.1, -0.05) is 42.3 Å². The third-order valence-corrected chi connectivity index (χ3v) is 7.95. The predicted octanol–water partition coefficient (Wildman–Crippen LogP) is 4.45. The number of hydrogen-bond acceptors (Lipinski definition) is 5. The fourth-order valence-electron chi connectivity index (χ4n) is 3.61. The van der Waals surface area contributed by atoms with Crippen molar-refractivity contribution in [3.63, 3.8) is 0 Å². The second-order valence-electron chi connectivity index (χ2n) is 7.70. The molecule has 0 bridgehead atoms. The van der Waals surface area contributed by atoms with Gasteiger partial charge in [0.05, 0.1) is 10.0 Å². The van der Waals surface area contributed by atoms with Gasteiger partial charge < -0.3 is 0 Å². The van der Waals surface area contributed by atoms with Gasteiger partial charge in [0.15, 0.2) is 5.82 Å². The number of carbonyl (C=O) groups excluding carboxylic acids is 1. The fourth-order valence-corrected chi connectivity index (χ4v) is 5.94. The van der Waals surface area contributed by atoms with Gasteiger partial charge in [-0.15, -0.1) is 5.10 Å². The SMILES string of the molecule is CC1CCCN(S(=O)(=O)c2cc(C(=O)Nc3n[nH]c(-c4ccccc4Cl)n3)ccc2Cl)C1. The number of carbonyl (C=O) groups is 1. The lowest BCUT2D eigenvalue weighted by atomic mass is 10.0. The lowest BCUT2D eigenvalue weighted by molar-refractivity contribution is 0.102. The minimum Gasteiger partial charge on any atom is -0.289 e. The van der Waals surface area contributed by atoms with Crippen molar-refractivity contribution in [2.45, 2.75) is 24.7 Å². The molecule has 1 aliphatic rings. The number of rotatable bonds is 5. The maximum atomic E-state index is 13.1. The molecule has 4 rings (SSSR count). The zero-order valence-electron chi connectivity index (χ0n) is 17.2. The summed E-state index contributed by atoms with van der Waals surface area (Å²) in [7, 11) is -3.82. The van der Waals surface area contributed by atoms with E-state index in [-0.39, 0.29) is 27.3 Å². The average molecular weight is 494 g/mol. The minimum absolute atomic E-state index is 0.0362. The highest BCUT2D eigenvalue weighted by molar-refractivity contribution is 7.89. The first kappa shape index (κ1) is 22.7. The van der Waals surface area contributed by atoms with Gasteiger partial charge >= 0.3 is 0 Å². The summed E-state index contributed by atoms with van der Waals surface area (Å²) in [5.41, 5.74) is 0.764. The van der Waals surface area contributed by atoms with Crippen LogP contribution in [0.25, 0.3) is 11.4 Å². The van der Waals surface area contributed by atoms with Crippen molar-refractivity contribution in [2.75, 3.05) is 18.4 Å². The van der Waals surface area contributed by atoms with E-state index in [0.29, 0.717) is 29.5 Å². The third-order valence-electron chi connectivity index (χ3n) is 5.27. The van der Waals surface area contributed by atoms with Crippen LogP contribution in [0.1, 0.15) is 30.1 Å². The quantitative estimate of drug-likeness (QED) is 0.545. The van der Waals surface area contributed by atoms with Crippen LogP contribution in [0.2, 0.25) is 10.0 Å². The van der Waals surface area contributed by atoms with Gasteiger partial charge in [0.1, 0.15) is 4.90 Å². The number of nitrogens with one attached hydrogen (secondary N) is 2. The Bertz CT molecular complexity index is 1260. The largest absolute Gasteiger partial charge is 0.289 e. The van der Waals surface area contributed by atoms with Crippen LogP contribution in [0.5, 0.6) is 0 Å². The van der Waals surface area contributed by atoms with Crippen LogP contribution in [-0.2, 0) is 10.0 Å². The molecule has 8 nitrogen and oxygen atoms in total. The number of H-pyrrole nitrogens is 1. The molecule has 1 aliphatic heterocycles.